The van der Waals surface area contributed by atoms with E-state index in [0.29, 0.717) is 11.0 Å². The zero-order chi connectivity index (χ0) is 10.7. The first-order chi connectivity index (χ1) is 7.31. The predicted molar refractivity (Wildman–Crippen MR) is 60.1 cm³/mol. The third kappa shape index (κ3) is 2.03. The molecule has 3 heteroatoms. The number of fused-ring (bicyclic) bond motifs is 1. The topological polar surface area (TPSA) is 30.2 Å². The summed E-state index contributed by atoms with van der Waals surface area (Å²) < 4.78 is 5.18. The first-order valence-corrected chi connectivity index (χ1v) is 4.91. The Labute approximate surface area is 91.5 Å². The van der Waals surface area contributed by atoms with Crippen LogP contribution in [0.5, 0.6) is 0 Å². The van der Waals surface area contributed by atoms with Crippen molar-refractivity contribution in [3.63, 3.8) is 0 Å². The van der Waals surface area contributed by atoms with Crippen molar-refractivity contribution in [3.8, 4) is 11.8 Å². The zero-order valence-corrected chi connectivity index (χ0v) is 8.54. The molecule has 0 spiro atoms. The molecule has 2 nitrogen and oxygen atoms in total. The molecule has 74 valence electrons. The largest absolute Gasteiger partial charge is 0.464 e. The van der Waals surface area contributed by atoms with E-state index in [-0.39, 0.29) is 11.3 Å². The molecule has 0 aliphatic rings. The summed E-state index contributed by atoms with van der Waals surface area (Å²) in [6.45, 7) is 0. The van der Waals surface area contributed by atoms with E-state index >= 15 is 0 Å². The molecule has 0 radical (unpaired) electrons. The molecule has 0 bridgehead atoms. The highest BCUT2D eigenvalue weighted by atomic mass is 35.5. The zero-order valence-electron chi connectivity index (χ0n) is 7.79. The number of hydrogen-bond donors (Lipinski definition) is 0. The molecular weight excluding hydrogens is 212 g/mol. The number of alkyl halides is 1. The lowest BCUT2D eigenvalue weighted by molar-refractivity contribution is 0.602. The predicted octanol–water partition coefficient (Wildman–Crippen LogP) is 2.38. The highest BCUT2D eigenvalue weighted by molar-refractivity contribution is 6.19. The van der Waals surface area contributed by atoms with E-state index in [2.05, 4.69) is 11.8 Å². The van der Waals surface area contributed by atoms with Crippen molar-refractivity contribution < 1.29 is 4.42 Å². The van der Waals surface area contributed by atoms with Crippen molar-refractivity contribution in [3.05, 3.63) is 46.3 Å². The first kappa shape index (κ1) is 9.82. The fraction of sp³-hybridized carbons (Fsp3) is 0.0833. The van der Waals surface area contributed by atoms with Gasteiger partial charge in [-0.05, 0) is 18.2 Å². The molecule has 0 aliphatic carbocycles. The molecule has 0 unspecified atom stereocenters. The quantitative estimate of drug-likeness (QED) is 0.502. The molecule has 1 heterocycles. The number of rotatable bonds is 0. The third-order valence-corrected chi connectivity index (χ3v) is 2.09. The summed E-state index contributed by atoms with van der Waals surface area (Å²) in [6.07, 6.45) is 1.38. The van der Waals surface area contributed by atoms with Gasteiger partial charge in [0, 0.05) is 11.6 Å². The summed E-state index contributed by atoms with van der Waals surface area (Å²) in [7, 11) is 0. The maximum atomic E-state index is 11.5. The van der Waals surface area contributed by atoms with E-state index in [0.717, 1.165) is 5.56 Å². The number of hydrogen-bond acceptors (Lipinski definition) is 2. The summed E-state index contributed by atoms with van der Waals surface area (Å²) in [5, 5.41) is 0.541. The van der Waals surface area contributed by atoms with Gasteiger partial charge in [0.15, 0.2) is 5.43 Å². The smallest absolute Gasteiger partial charge is 0.192 e. The summed E-state index contributed by atoms with van der Waals surface area (Å²) in [5.74, 6) is 5.86. The van der Waals surface area contributed by atoms with Crippen molar-refractivity contribution in [1.29, 1.82) is 0 Å². The Morgan fingerprint density at radius 2 is 2.20 bits per heavy atom. The standard InChI is InChI=1S/C12H7ClO2/c13-6-1-2-9-3-4-12-10(8-9)11(14)5-7-15-12/h3-5,7-8H,6H2. The maximum absolute atomic E-state index is 11.5. The average Bonchev–Trinajstić information content (AvgIpc) is 2.27. The molecule has 1 aromatic heterocycles. The van der Waals surface area contributed by atoms with Crippen LogP contribution in [0.25, 0.3) is 11.0 Å². The molecule has 15 heavy (non-hydrogen) atoms. The van der Waals surface area contributed by atoms with E-state index in [1.807, 2.05) is 0 Å². The van der Waals surface area contributed by atoms with Gasteiger partial charge in [0.05, 0.1) is 17.5 Å². The van der Waals surface area contributed by atoms with Gasteiger partial charge >= 0.3 is 0 Å². The molecule has 0 atom stereocenters. The summed E-state index contributed by atoms with van der Waals surface area (Å²) in [6, 6.07) is 6.63. The minimum Gasteiger partial charge on any atom is -0.464 e. The normalized spacial score (nSPS) is 9.67. The second kappa shape index (κ2) is 4.20. The van der Waals surface area contributed by atoms with Crippen molar-refractivity contribution in [1.82, 2.24) is 0 Å². The van der Waals surface area contributed by atoms with Gasteiger partial charge < -0.3 is 4.42 Å². The van der Waals surface area contributed by atoms with Gasteiger partial charge in [-0.2, -0.15) is 0 Å². The first-order valence-electron chi connectivity index (χ1n) is 4.37. The lowest BCUT2D eigenvalue weighted by Crippen LogP contribution is -1.97. The molecular formula is C12H7ClO2. The van der Waals surface area contributed by atoms with Crippen LogP contribution in [0.2, 0.25) is 0 Å². The highest BCUT2D eigenvalue weighted by Crippen LogP contribution is 2.11. The third-order valence-electron chi connectivity index (χ3n) is 1.96. The van der Waals surface area contributed by atoms with Gasteiger partial charge in [0.2, 0.25) is 0 Å². The Bertz CT molecular complexity index is 602. The van der Waals surface area contributed by atoms with Crippen LogP contribution in [0, 0.1) is 11.8 Å². The highest BCUT2D eigenvalue weighted by Gasteiger charge is 1.99. The average molecular weight is 219 g/mol. The fourth-order valence-corrected chi connectivity index (χ4v) is 1.36. The van der Waals surface area contributed by atoms with E-state index in [9.17, 15) is 4.79 Å². The van der Waals surface area contributed by atoms with Crippen LogP contribution in [0.3, 0.4) is 0 Å². The van der Waals surface area contributed by atoms with Gasteiger partial charge in [-0.15, -0.1) is 11.6 Å². The second-order valence-electron chi connectivity index (χ2n) is 2.93. The van der Waals surface area contributed by atoms with Gasteiger partial charge in [0.1, 0.15) is 5.58 Å². The minimum absolute atomic E-state index is 0.0641. The molecule has 0 N–H and O–H groups in total. The van der Waals surface area contributed by atoms with E-state index in [1.165, 1.54) is 12.3 Å². The van der Waals surface area contributed by atoms with Crippen LogP contribution in [0.15, 0.2) is 39.7 Å². The van der Waals surface area contributed by atoms with Crippen LogP contribution in [0.4, 0.5) is 0 Å². The molecule has 0 saturated carbocycles. The van der Waals surface area contributed by atoms with E-state index < -0.39 is 0 Å². The number of halogens is 1. The van der Waals surface area contributed by atoms with Gasteiger partial charge in [-0.25, -0.2) is 0 Å². The Morgan fingerprint density at radius 1 is 1.33 bits per heavy atom. The Kier molecular flexibility index (Phi) is 2.75. The fourth-order valence-electron chi connectivity index (χ4n) is 1.30. The molecule has 0 amide bonds. The summed E-state index contributed by atoms with van der Waals surface area (Å²) in [5.41, 5.74) is 1.27. The Morgan fingerprint density at radius 3 is 3.00 bits per heavy atom. The Hall–Kier alpha value is -1.72. The molecule has 2 aromatic rings. The minimum atomic E-state index is -0.0641. The summed E-state index contributed by atoms with van der Waals surface area (Å²) in [4.78, 5) is 11.5. The second-order valence-corrected chi connectivity index (χ2v) is 3.20. The maximum Gasteiger partial charge on any atom is 0.192 e. The van der Waals surface area contributed by atoms with Gasteiger partial charge in [-0.3, -0.25) is 4.79 Å². The van der Waals surface area contributed by atoms with Crippen molar-refractivity contribution in [2.75, 3.05) is 5.88 Å². The van der Waals surface area contributed by atoms with E-state index in [1.54, 1.807) is 18.2 Å². The van der Waals surface area contributed by atoms with Crippen molar-refractivity contribution >= 4 is 22.6 Å². The van der Waals surface area contributed by atoms with Crippen LogP contribution < -0.4 is 5.43 Å². The monoisotopic (exact) mass is 218 g/mol. The Balaban J connectivity index is 2.65. The molecule has 1 aromatic carbocycles. The molecule has 0 fully saturated rings. The van der Waals surface area contributed by atoms with Crippen LogP contribution in [0.1, 0.15) is 5.56 Å². The molecule has 2 rings (SSSR count). The van der Waals surface area contributed by atoms with Crippen molar-refractivity contribution in [2.45, 2.75) is 0 Å². The summed E-state index contributed by atoms with van der Waals surface area (Å²) >= 11 is 5.45. The van der Waals surface area contributed by atoms with Crippen LogP contribution in [-0.4, -0.2) is 5.88 Å². The lowest BCUT2D eigenvalue weighted by Gasteiger charge is -1.95. The van der Waals surface area contributed by atoms with Crippen molar-refractivity contribution in [2.24, 2.45) is 0 Å². The molecule has 0 aliphatic heterocycles. The SMILES string of the molecule is O=c1ccoc2ccc(C#CCCl)cc12. The van der Waals surface area contributed by atoms with Crippen LogP contribution in [-0.2, 0) is 0 Å². The molecule has 0 saturated heterocycles. The van der Waals surface area contributed by atoms with Crippen LogP contribution >= 0.6 is 11.6 Å². The van der Waals surface area contributed by atoms with Gasteiger partial charge in [0.25, 0.3) is 0 Å². The number of benzene rings is 1. The lowest BCUT2D eigenvalue weighted by atomic mass is 10.1. The van der Waals surface area contributed by atoms with Gasteiger partial charge in [-0.1, -0.05) is 11.8 Å². The van der Waals surface area contributed by atoms with E-state index in [4.69, 9.17) is 16.0 Å².